The Balaban J connectivity index is 3.78. The van der Waals surface area contributed by atoms with Crippen molar-refractivity contribution in [2.45, 2.75) is 6.42 Å². The average molecular weight is 127 g/mol. The number of amides is 1. The minimum absolute atomic E-state index is 0.413. The molecule has 0 bridgehead atoms. The molecule has 0 atom stereocenters. The van der Waals surface area contributed by atoms with E-state index in [-0.39, 0.29) is 0 Å². The summed E-state index contributed by atoms with van der Waals surface area (Å²) in [5.74, 6) is -1.34. The summed E-state index contributed by atoms with van der Waals surface area (Å²) in [6.07, 6.45) is 0.217. The highest BCUT2D eigenvalue weighted by molar-refractivity contribution is 6.29. The maximum Gasteiger partial charge on any atom is 0.323 e. The zero-order valence-corrected chi connectivity index (χ0v) is 4.57. The summed E-state index contributed by atoms with van der Waals surface area (Å²) in [4.78, 5) is 22.6. The molecule has 5 heteroatoms. The lowest BCUT2D eigenvalue weighted by molar-refractivity contribution is -0.124. The van der Waals surface area contributed by atoms with Gasteiger partial charge in [0, 0.05) is 0 Å². The van der Waals surface area contributed by atoms with Crippen molar-refractivity contribution in [1.82, 2.24) is 0 Å². The third-order valence-corrected chi connectivity index (χ3v) is 0.550. The maximum atomic E-state index is 10.2. The van der Waals surface area contributed by atoms with Gasteiger partial charge in [0.25, 0.3) is 0 Å². The molecule has 0 rings (SSSR count). The first-order valence-corrected chi connectivity index (χ1v) is 2.15. The maximum absolute atomic E-state index is 10.2. The number of nitrogens with two attached hydrogens (primary N) is 1. The number of rotatable bonds is 3. The first-order valence-electron chi connectivity index (χ1n) is 2.15. The van der Waals surface area contributed by atoms with Crippen LogP contribution in [0.3, 0.4) is 0 Å². The molecule has 48 valence electrons. The van der Waals surface area contributed by atoms with Crippen LogP contribution < -0.4 is 5.73 Å². The molecule has 0 radical (unpaired) electrons. The lowest BCUT2D eigenvalue weighted by atomic mass is 10.3. The Morgan fingerprint density at radius 2 is 2.22 bits per heavy atom. The number of hydrogen-bond acceptors (Lipinski definition) is 2. The third kappa shape index (κ3) is 4.37. The number of primary amides is 1. The molecular formula is C4H5N3O2. The van der Waals surface area contributed by atoms with E-state index in [4.69, 9.17) is 5.53 Å². The van der Waals surface area contributed by atoms with Crippen molar-refractivity contribution < 1.29 is 14.4 Å². The van der Waals surface area contributed by atoms with Crippen molar-refractivity contribution in [2.24, 2.45) is 5.73 Å². The normalized spacial score (nSPS) is 7.56. The molecule has 2 N–H and O–H groups in total. The monoisotopic (exact) mass is 127 g/mol. The van der Waals surface area contributed by atoms with E-state index in [0.717, 1.165) is 0 Å². The highest BCUT2D eigenvalue weighted by atomic mass is 16.2. The summed E-state index contributed by atoms with van der Waals surface area (Å²) >= 11 is 0. The number of hydrogen-bond donors (Lipinski definition) is 1. The molecule has 0 spiro atoms. The summed E-state index contributed by atoms with van der Waals surface area (Å²) < 4.78 is 0. The SMILES string of the molecule is [N-]=[N+]=CC(=O)CC(N)=O. The largest absolute Gasteiger partial charge is 0.369 e. The van der Waals surface area contributed by atoms with E-state index in [1.54, 1.807) is 0 Å². The highest BCUT2D eigenvalue weighted by Crippen LogP contribution is 1.73. The molecule has 0 saturated heterocycles. The van der Waals surface area contributed by atoms with Gasteiger partial charge in [0.05, 0.1) is 6.42 Å². The molecule has 0 aliphatic heterocycles. The van der Waals surface area contributed by atoms with E-state index in [1.165, 1.54) is 0 Å². The Labute approximate surface area is 51.1 Å². The van der Waals surface area contributed by atoms with Gasteiger partial charge in [-0.3, -0.25) is 9.59 Å². The van der Waals surface area contributed by atoms with Gasteiger partial charge in [0.1, 0.15) is 0 Å². The lowest BCUT2D eigenvalue weighted by Gasteiger charge is -1.79. The quantitative estimate of drug-likeness (QED) is 0.221. The second-order valence-corrected chi connectivity index (χ2v) is 1.35. The van der Waals surface area contributed by atoms with Gasteiger partial charge in [-0.05, 0) is 0 Å². The first kappa shape index (κ1) is 7.52. The van der Waals surface area contributed by atoms with Crippen molar-refractivity contribution >= 4 is 17.9 Å². The van der Waals surface area contributed by atoms with Gasteiger partial charge in [-0.25, -0.2) is 0 Å². The molecule has 1 amide bonds. The molecule has 0 saturated carbocycles. The van der Waals surface area contributed by atoms with Gasteiger partial charge in [0.2, 0.25) is 11.7 Å². The molecule has 9 heavy (non-hydrogen) atoms. The van der Waals surface area contributed by atoms with Crippen LogP contribution in [0.2, 0.25) is 0 Å². The van der Waals surface area contributed by atoms with Crippen LogP contribution in [-0.4, -0.2) is 22.7 Å². The van der Waals surface area contributed by atoms with E-state index >= 15 is 0 Å². The third-order valence-electron chi connectivity index (χ3n) is 0.550. The number of Topliss-reactive ketones (excluding diaryl/α,β-unsaturated/α-hetero) is 1. The summed E-state index contributed by atoms with van der Waals surface area (Å²) in [6.45, 7) is 0. The van der Waals surface area contributed by atoms with Crippen LogP contribution in [-0.2, 0) is 9.59 Å². The van der Waals surface area contributed by atoms with Gasteiger partial charge >= 0.3 is 6.21 Å². The molecule has 0 aromatic rings. The smallest absolute Gasteiger partial charge is 0.323 e. The fraction of sp³-hybridized carbons (Fsp3) is 0.250. The fourth-order valence-electron chi connectivity index (χ4n) is 0.282. The van der Waals surface area contributed by atoms with Crippen LogP contribution in [0.15, 0.2) is 0 Å². The zero-order chi connectivity index (χ0) is 7.28. The van der Waals surface area contributed by atoms with E-state index in [9.17, 15) is 9.59 Å². The van der Waals surface area contributed by atoms with Gasteiger partial charge in [-0.15, -0.1) is 0 Å². The van der Waals surface area contributed by atoms with E-state index in [1.807, 2.05) is 0 Å². The van der Waals surface area contributed by atoms with Crippen LogP contribution in [0, 0.1) is 0 Å². The second-order valence-electron chi connectivity index (χ2n) is 1.35. The topological polar surface area (TPSA) is 96.6 Å². The molecule has 0 unspecified atom stereocenters. The van der Waals surface area contributed by atoms with E-state index in [0.29, 0.717) is 6.21 Å². The number of carbonyl (C=O) groups is 2. The van der Waals surface area contributed by atoms with Crippen LogP contribution in [0.25, 0.3) is 5.53 Å². The summed E-state index contributed by atoms with van der Waals surface area (Å²) in [7, 11) is 0. The minimum Gasteiger partial charge on any atom is -0.369 e. The summed E-state index contributed by atoms with van der Waals surface area (Å²) in [5.41, 5.74) is 12.4. The standard InChI is InChI=1S/C4H5N3O2/c5-4(9)1-3(8)2-7-6/h2H,1H2,(H2,5,9). The van der Waals surface area contributed by atoms with Crippen molar-refractivity contribution in [3.05, 3.63) is 5.53 Å². The Hall–Kier alpha value is -1.48. The number of nitrogens with zero attached hydrogens (tertiary/aromatic N) is 2. The summed E-state index contributed by atoms with van der Waals surface area (Å²) in [5, 5.41) is 0. The van der Waals surface area contributed by atoms with Crippen molar-refractivity contribution in [2.75, 3.05) is 0 Å². The minimum atomic E-state index is -0.736. The first-order chi connectivity index (χ1) is 4.16. The Kier molecular flexibility index (Phi) is 2.94. The van der Waals surface area contributed by atoms with Gasteiger partial charge in [-0.1, -0.05) is 0 Å². The predicted octanol–water partition coefficient (Wildman–Crippen LogP) is -1.27. The van der Waals surface area contributed by atoms with Gasteiger partial charge in [0.15, 0.2) is 0 Å². The zero-order valence-electron chi connectivity index (χ0n) is 4.57. The Morgan fingerprint density at radius 3 is 2.56 bits per heavy atom. The van der Waals surface area contributed by atoms with E-state index in [2.05, 4.69) is 10.5 Å². The van der Waals surface area contributed by atoms with Gasteiger partial charge < -0.3 is 11.3 Å². The molecule has 0 aromatic carbocycles. The predicted molar refractivity (Wildman–Crippen MR) is 28.5 cm³/mol. The molecule has 0 aromatic heterocycles. The van der Waals surface area contributed by atoms with Gasteiger partial charge in [-0.2, -0.15) is 4.79 Å². The van der Waals surface area contributed by atoms with Crippen molar-refractivity contribution in [3.63, 3.8) is 0 Å². The Bertz CT molecular complexity index is 180. The van der Waals surface area contributed by atoms with Crippen LogP contribution in [0.5, 0.6) is 0 Å². The molecule has 0 aliphatic carbocycles. The van der Waals surface area contributed by atoms with Crippen LogP contribution >= 0.6 is 0 Å². The number of ketones is 1. The Morgan fingerprint density at radius 1 is 1.67 bits per heavy atom. The molecule has 0 fully saturated rings. The fourth-order valence-corrected chi connectivity index (χ4v) is 0.282. The second kappa shape index (κ2) is 3.51. The highest BCUT2D eigenvalue weighted by Gasteiger charge is 2.05. The summed E-state index contributed by atoms with van der Waals surface area (Å²) in [6, 6.07) is 0. The lowest BCUT2D eigenvalue weighted by Crippen LogP contribution is -2.16. The average Bonchev–Trinajstić information content (AvgIpc) is 1.63. The molecule has 0 heterocycles. The molecule has 5 nitrogen and oxygen atoms in total. The molecular weight excluding hydrogens is 122 g/mol. The molecule has 0 aliphatic rings. The van der Waals surface area contributed by atoms with Crippen LogP contribution in [0.1, 0.15) is 6.42 Å². The number of carbonyl (C=O) groups excluding carboxylic acids is 2. The van der Waals surface area contributed by atoms with E-state index < -0.39 is 18.1 Å². The van der Waals surface area contributed by atoms with Crippen LogP contribution in [0.4, 0.5) is 0 Å². The van der Waals surface area contributed by atoms with Crippen molar-refractivity contribution in [1.29, 1.82) is 0 Å². The van der Waals surface area contributed by atoms with Crippen molar-refractivity contribution in [3.8, 4) is 0 Å².